The summed E-state index contributed by atoms with van der Waals surface area (Å²) < 4.78 is 0. The lowest BCUT2D eigenvalue weighted by molar-refractivity contribution is -0.155. The summed E-state index contributed by atoms with van der Waals surface area (Å²) in [4.78, 5) is 24.8. The van der Waals surface area contributed by atoms with Gasteiger partial charge in [-0.3, -0.25) is 14.6 Å². The van der Waals surface area contributed by atoms with Gasteiger partial charge in [-0.2, -0.15) is 0 Å². The van der Waals surface area contributed by atoms with Crippen molar-refractivity contribution in [1.82, 2.24) is 19.7 Å². The van der Waals surface area contributed by atoms with E-state index >= 15 is 0 Å². The maximum atomic E-state index is 13.3. The molecule has 30 heavy (non-hydrogen) atoms. The normalized spacial score (nSPS) is 20.4. The Morgan fingerprint density at radius 1 is 1.07 bits per heavy atom. The van der Waals surface area contributed by atoms with Crippen molar-refractivity contribution in [3.63, 3.8) is 0 Å². The number of piperazine rings is 1. The Kier molecular flexibility index (Phi) is 6.28. The van der Waals surface area contributed by atoms with E-state index in [1.165, 1.54) is 11.1 Å². The molecule has 0 bridgehead atoms. The fraction of sp³-hybridized carbons (Fsp3) is 0.583. The third kappa shape index (κ3) is 4.32. The summed E-state index contributed by atoms with van der Waals surface area (Å²) in [7, 11) is 1.96. The van der Waals surface area contributed by atoms with E-state index in [-0.39, 0.29) is 5.54 Å². The van der Waals surface area contributed by atoms with E-state index in [0.717, 1.165) is 62.8 Å². The molecular formula is C24H34N4OS. The second-order valence-electron chi connectivity index (χ2n) is 9.21. The SMILES string of the molecule is Cc1nc(CN2CCN(C)C(=O)C23CCN(Cc2ccc(C(C)C)cc2)CC3)cs1. The standard InChI is InChI=1S/C24H34N4OS/c1-18(2)21-7-5-20(6-8-21)15-27-11-9-24(10-12-27)23(29)26(4)13-14-28(24)16-22-17-30-19(3)25-22/h5-8,17-18H,9-16H2,1-4H3. The summed E-state index contributed by atoms with van der Waals surface area (Å²) in [6, 6.07) is 9.03. The molecule has 2 aliphatic heterocycles. The van der Waals surface area contributed by atoms with Gasteiger partial charge in [0.25, 0.3) is 0 Å². The van der Waals surface area contributed by atoms with Crippen molar-refractivity contribution < 1.29 is 4.79 Å². The van der Waals surface area contributed by atoms with Crippen LogP contribution in [-0.2, 0) is 17.9 Å². The minimum absolute atomic E-state index is 0.293. The van der Waals surface area contributed by atoms with E-state index in [4.69, 9.17) is 0 Å². The second kappa shape index (κ2) is 8.77. The molecule has 2 fully saturated rings. The Balaban J connectivity index is 1.44. The number of carbonyl (C=O) groups is 1. The third-order valence-corrected chi connectivity index (χ3v) is 7.63. The largest absolute Gasteiger partial charge is 0.343 e. The van der Waals surface area contributed by atoms with Crippen molar-refractivity contribution in [3.8, 4) is 0 Å². The van der Waals surface area contributed by atoms with Crippen LogP contribution in [-0.4, -0.2) is 64.4 Å². The first-order chi connectivity index (χ1) is 14.4. The lowest BCUT2D eigenvalue weighted by atomic mass is 9.82. The quantitative estimate of drug-likeness (QED) is 0.727. The molecule has 162 valence electrons. The highest BCUT2D eigenvalue weighted by Crippen LogP contribution is 2.35. The summed E-state index contributed by atoms with van der Waals surface area (Å²) in [5.74, 6) is 0.859. The number of hydrogen-bond donors (Lipinski definition) is 0. The second-order valence-corrected chi connectivity index (χ2v) is 10.3. The summed E-state index contributed by atoms with van der Waals surface area (Å²) in [5.41, 5.74) is 3.47. The van der Waals surface area contributed by atoms with Crippen LogP contribution in [0, 0.1) is 6.92 Å². The van der Waals surface area contributed by atoms with Crippen molar-refractivity contribution in [1.29, 1.82) is 0 Å². The predicted octanol–water partition coefficient (Wildman–Crippen LogP) is 3.88. The third-order valence-electron chi connectivity index (χ3n) is 6.81. The molecule has 2 saturated heterocycles. The Hall–Kier alpha value is -1.76. The Labute approximate surface area is 184 Å². The topological polar surface area (TPSA) is 39.7 Å². The summed E-state index contributed by atoms with van der Waals surface area (Å²) >= 11 is 1.69. The number of likely N-dealkylation sites (N-methyl/N-ethyl adjacent to an activating group) is 1. The van der Waals surface area contributed by atoms with Gasteiger partial charge in [0.1, 0.15) is 5.54 Å². The minimum atomic E-state index is -0.372. The summed E-state index contributed by atoms with van der Waals surface area (Å²) in [6.07, 6.45) is 1.78. The molecule has 4 rings (SSSR count). The van der Waals surface area contributed by atoms with Crippen LogP contribution in [0.2, 0.25) is 0 Å². The smallest absolute Gasteiger partial charge is 0.242 e. The number of aryl methyl sites for hydroxylation is 1. The van der Waals surface area contributed by atoms with Crippen molar-refractivity contribution in [2.24, 2.45) is 0 Å². The lowest BCUT2D eigenvalue weighted by Crippen LogP contribution is -2.67. The highest BCUT2D eigenvalue weighted by Gasteiger charge is 2.49. The zero-order chi connectivity index (χ0) is 21.3. The van der Waals surface area contributed by atoms with Crippen molar-refractivity contribution in [3.05, 3.63) is 51.5 Å². The molecule has 1 aromatic carbocycles. The van der Waals surface area contributed by atoms with Gasteiger partial charge in [0.05, 0.1) is 10.7 Å². The van der Waals surface area contributed by atoms with Gasteiger partial charge in [0.15, 0.2) is 0 Å². The van der Waals surface area contributed by atoms with Crippen LogP contribution in [0.3, 0.4) is 0 Å². The Morgan fingerprint density at radius 2 is 1.77 bits per heavy atom. The van der Waals surface area contributed by atoms with E-state index in [1.54, 1.807) is 11.3 Å². The molecule has 3 heterocycles. The molecule has 0 radical (unpaired) electrons. The number of piperidine rings is 1. The van der Waals surface area contributed by atoms with Crippen LogP contribution in [0.5, 0.6) is 0 Å². The van der Waals surface area contributed by atoms with Gasteiger partial charge in [-0.15, -0.1) is 11.3 Å². The average molecular weight is 427 g/mol. The molecule has 0 saturated carbocycles. The first kappa shape index (κ1) is 21.5. The number of rotatable bonds is 5. The highest BCUT2D eigenvalue weighted by atomic mass is 32.1. The maximum Gasteiger partial charge on any atom is 0.242 e. The Bertz CT molecular complexity index is 868. The van der Waals surface area contributed by atoms with Crippen LogP contribution in [0.15, 0.2) is 29.6 Å². The molecule has 0 aliphatic carbocycles. The summed E-state index contributed by atoms with van der Waals surface area (Å²) in [5, 5.41) is 3.24. The molecule has 1 aromatic heterocycles. The van der Waals surface area contributed by atoms with Crippen molar-refractivity contribution >= 4 is 17.2 Å². The molecule has 2 aromatic rings. The molecule has 0 unspecified atom stereocenters. The van der Waals surface area contributed by atoms with Gasteiger partial charge in [0.2, 0.25) is 5.91 Å². The van der Waals surface area contributed by atoms with E-state index in [1.807, 2.05) is 18.9 Å². The van der Waals surface area contributed by atoms with Crippen molar-refractivity contribution in [2.75, 3.05) is 33.2 Å². The molecule has 0 N–H and O–H groups in total. The first-order valence-corrected chi connectivity index (χ1v) is 12.0. The number of benzene rings is 1. The maximum absolute atomic E-state index is 13.3. The summed E-state index contributed by atoms with van der Waals surface area (Å²) in [6.45, 7) is 11.9. The molecular weight excluding hydrogens is 392 g/mol. The molecule has 1 amide bonds. The van der Waals surface area contributed by atoms with Crippen LogP contribution in [0.4, 0.5) is 0 Å². The molecule has 6 heteroatoms. The monoisotopic (exact) mass is 426 g/mol. The van der Waals surface area contributed by atoms with Gasteiger partial charge in [0, 0.05) is 51.7 Å². The van der Waals surface area contributed by atoms with Crippen LogP contribution < -0.4 is 0 Å². The van der Waals surface area contributed by atoms with Crippen LogP contribution in [0.1, 0.15) is 54.4 Å². The van der Waals surface area contributed by atoms with E-state index in [2.05, 4.69) is 58.3 Å². The van der Waals surface area contributed by atoms with Crippen LogP contribution in [0.25, 0.3) is 0 Å². The number of thiazole rings is 1. The fourth-order valence-corrected chi connectivity index (χ4v) is 5.46. The molecule has 1 spiro atoms. The van der Waals surface area contributed by atoms with Crippen molar-refractivity contribution in [2.45, 2.75) is 58.2 Å². The van der Waals surface area contributed by atoms with E-state index in [0.29, 0.717) is 11.8 Å². The Morgan fingerprint density at radius 3 is 2.37 bits per heavy atom. The number of likely N-dealkylation sites (tertiary alicyclic amines) is 1. The van der Waals surface area contributed by atoms with Gasteiger partial charge in [-0.05, 0) is 36.8 Å². The molecule has 0 atom stereocenters. The zero-order valence-corrected chi connectivity index (χ0v) is 19.5. The zero-order valence-electron chi connectivity index (χ0n) is 18.7. The molecule has 2 aliphatic rings. The van der Waals surface area contributed by atoms with E-state index in [9.17, 15) is 4.79 Å². The number of nitrogens with zero attached hydrogens (tertiary/aromatic N) is 4. The first-order valence-electron chi connectivity index (χ1n) is 11.1. The fourth-order valence-electron chi connectivity index (χ4n) is 4.86. The minimum Gasteiger partial charge on any atom is -0.343 e. The van der Waals surface area contributed by atoms with Crippen LogP contribution >= 0.6 is 11.3 Å². The highest BCUT2D eigenvalue weighted by molar-refractivity contribution is 7.09. The molecule has 5 nitrogen and oxygen atoms in total. The predicted molar refractivity (Wildman–Crippen MR) is 123 cm³/mol. The van der Waals surface area contributed by atoms with Gasteiger partial charge in [-0.1, -0.05) is 38.1 Å². The number of amides is 1. The number of hydrogen-bond acceptors (Lipinski definition) is 5. The van der Waals surface area contributed by atoms with Gasteiger partial charge < -0.3 is 4.90 Å². The number of aromatic nitrogens is 1. The average Bonchev–Trinajstić information content (AvgIpc) is 3.15. The van der Waals surface area contributed by atoms with E-state index < -0.39 is 0 Å². The lowest BCUT2D eigenvalue weighted by Gasteiger charge is -2.52. The van der Waals surface area contributed by atoms with Gasteiger partial charge >= 0.3 is 0 Å². The van der Waals surface area contributed by atoms with Gasteiger partial charge in [-0.25, -0.2) is 4.98 Å². The number of carbonyl (C=O) groups excluding carboxylic acids is 1.